The van der Waals surface area contributed by atoms with Crippen LogP contribution >= 0.6 is 0 Å². The van der Waals surface area contributed by atoms with E-state index in [0.29, 0.717) is 12.4 Å². The van der Waals surface area contributed by atoms with Crippen molar-refractivity contribution < 1.29 is 4.79 Å². The van der Waals surface area contributed by atoms with Crippen LogP contribution in [-0.4, -0.2) is 27.6 Å². The summed E-state index contributed by atoms with van der Waals surface area (Å²) >= 11 is 0. The predicted molar refractivity (Wildman–Crippen MR) is 96.1 cm³/mol. The fourth-order valence-electron chi connectivity index (χ4n) is 3.13. The third-order valence-electron chi connectivity index (χ3n) is 4.42. The molecule has 3 N–H and O–H groups in total. The molecule has 0 fully saturated rings. The Morgan fingerprint density at radius 3 is 2.72 bits per heavy atom. The molecular weight excluding hydrogens is 314 g/mol. The lowest BCUT2D eigenvalue weighted by molar-refractivity contribution is -0.117. The molecule has 4 rings (SSSR count). The minimum absolute atomic E-state index is 0.00105. The average molecular weight is 333 g/mol. The monoisotopic (exact) mass is 333 g/mol. The van der Waals surface area contributed by atoms with Crippen LogP contribution in [0.15, 0.2) is 48.5 Å². The molecule has 0 aliphatic carbocycles. The van der Waals surface area contributed by atoms with Crippen molar-refractivity contribution in [3.8, 4) is 11.4 Å². The molecule has 0 saturated heterocycles. The number of benzene rings is 2. The summed E-state index contributed by atoms with van der Waals surface area (Å²) in [4.78, 5) is 17.0. The minimum Gasteiger partial charge on any atom is -0.326 e. The zero-order chi connectivity index (χ0) is 17.2. The number of amides is 1. The lowest BCUT2D eigenvalue weighted by atomic mass is 9.90. The van der Waals surface area contributed by atoms with Crippen LogP contribution in [0, 0.1) is 6.92 Å². The van der Waals surface area contributed by atoms with Gasteiger partial charge in [0.15, 0.2) is 5.82 Å². The Morgan fingerprint density at radius 2 is 1.96 bits per heavy atom. The van der Waals surface area contributed by atoms with Gasteiger partial charge in [-0.15, -0.1) is 0 Å². The number of nitrogens with zero attached hydrogens (tertiary/aromatic N) is 2. The highest BCUT2D eigenvalue weighted by molar-refractivity contribution is 5.96. The van der Waals surface area contributed by atoms with Crippen LogP contribution in [0.3, 0.4) is 0 Å². The van der Waals surface area contributed by atoms with E-state index in [0.717, 1.165) is 29.2 Å². The largest absolute Gasteiger partial charge is 0.326 e. The molecule has 1 aromatic heterocycles. The molecule has 1 atom stereocenters. The van der Waals surface area contributed by atoms with Gasteiger partial charge < -0.3 is 10.6 Å². The van der Waals surface area contributed by atoms with E-state index in [1.807, 2.05) is 49.4 Å². The van der Waals surface area contributed by atoms with Crippen molar-refractivity contribution in [3.63, 3.8) is 0 Å². The van der Waals surface area contributed by atoms with Gasteiger partial charge in [0, 0.05) is 24.3 Å². The van der Waals surface area contributed by atoms with Crippen molar-refractivity contribution in [2.45, 2.75) is 19.4 Å². The van der Waals surface area contributed by atoms with Gasteiger partial charge in [0.2, 0.25) is 5.91 Å². The van der Waals surface area contributed by atoms with E-state index in [9.17, 15) is 4.79 Å². The van der Waals surface area contributed by atoms with Gasteiger partial charge >= 0.3 is 0 Å². The maximum atomic E-state index is 12.7. The van der Waals surface area contributed by atoms with Crippen molar-refractivity contribution in [3.05, 3.63) is 65.5 Å². The number of hydrogen-bond acceptors (Lipinski definition) is 4. The number of aryl methyl sites for hydroxylation is 1. The molecule has 6 heteroatoms. The summed E-state index contributed by atoms with van der Waals surface area (Å²) in [7, 11) is 0. The number of aromatic nitrogens is 3. The van der Waals surface area contributed by atoms with Crippen molar-refractivity contribution >= 4 is 11.6 Å². The van der Waals surface area contributed by atoms with E-state index in [1.165, 1.54) is 5.56 Å². The molecule has 126 valence electrons. The van der Waals surface area contributed by atoms with Crippen LogP contribution in [0.5, 0.6) is 0 Å². The first-order valence-corrected chi connectivity index (χ1v) is 8.29. The molecule has 2 aromatic carbocycles. The second-order valence-corrected chi connectivity index (χ2v) is 6.19. The molecule has 25 heavy (non-hydrogen) atoms. The van der Waals surface area contributed by atoms with Gasteiger partial charge in [-0.3, -0.25) is 9.89 Å². The first-order chi connectivity index (χ1) is 12.2. The zero-order valence-corrected chi connectivity index (χ0v) is 13.9. The molecule has 1 amide bonds. The number of aromatic amines is 1. The third-order valence-corrected chi connectivity index (χ3v) is 4.42. The highest BCUT2D eigenvalue weighted by Crippen LogP contribution is 2.25. The molecule has 2 heterocycles. The molecule has 1 aliphatic heterocycles. The predicted octanol–water partition coefficient (Wildman–Crippen LogP) is 2.61. The number of anilines is 1. The van der Waals surface area contributed by atoms with Gasteiger partial charge in [-0.1, -0.05) is 24.3 Å². The topological polar surface area (TPSA) is 82.7 Å². The molecule has 0 spiro atoms. The Bertz CT molecular complexity index is 900. The van der Waals surface area contributed by atoms with Gasteiger partial charge in [-0.05, 0) is 42.3 Å². The number of hydrogen-bond donors (Lipinski definition) is 3. The smallest absolute Gasteiger partial charge is 0.233 e. The van der Waals surface area contributed by atoms with Crippen molar-refractivity contribution in [1.82, 2.24) is 20.5 Å². The summed E-state index contributed by atoms with van der Waals surface area (Å²) in [5.74, 6) is 1.25. The number of H-pyrrole nitrogens is 1. The van der Waals surface area contributed by atoms with Gasteiger partial charge in [0.1, 0.15) is 5.82 Å². The average Bonchev–Trinajstić information content (AvgIpc) is 3.08. The molecule has 6 nitrogen and oxygen atoms in total. The van der Waals surface area contributed by atoms with Crippen LogP contribution in [-0.2, 0) is 11.3 Å². The first kappa shape index (κ1) is 15.5. The van der Waals surface area contributed by atoms with E-state index in [4.69, 9.17) is 0 Å². The molecular formula is C19H19N5O. The second-order valence-electron chi connectivity index (χ2n) is 6.19. The Morgan fingerprint density at radius 1 is 1.16 bits per heavy atom. The summed E-state index contributed by atoms with van der Waals surface area (Å²) in [6, 6.07) is 15.7. The molecule has 1 unspecified atom stereocenters. The number of nitrogens with one attached hydrogen (secondary N) is 3. The number of carbonyl (C=O) groups is 1. The summed E-state index contributed by atoms with van der Waals surface area (Å²) in [5.41, 5.74) is 3.96. The van der Waals surface area contributed by atoms with Crippen molar-refractivity contribution in [1.29, 1.82) is 0 Å². The van der Waals surface area contributed by atoms with Gasteiger partial charge in [0.05, 0.1) is 5.92 Å². The first-order valence-electron chi connectivity index (χ1n) is 8.29. The number of fused-ring (bicyclic) bond motifs is 1. The lowest BCUT2D eigenvalue weighted by Crippen LogP contribution is -2.35. The quantitative estimate of drug-likeness (QED) is 0.688. The van der Waals surface area contributed by atoms with E-state index in [-0.39, 0.29) is 11.8 Å². The van der Waals surface area contributed by atoms with Gasteiger partial charge in [-0.2, -0.15) is 5.10 Å². The van der Waals surface area contributed by atoms with Gasteiger partial charge in [-0.25, -0.2) is 4.98 Å². The molecule has 0 saturated carbocycles. The number of rotatable bonds is 3. The second kappa shape index (κ2) is 6.49. The number of carbonyl (C=O) groups excluding carboxylic acids is 1. The lowest BCUT2D eigenvalue weighted by Gasteiger charge is -2.25. The highest BCUT2D eigenvalue weighted by Gasteiger charge is 2.26. The fraction of sp³-hybridized carbons (Fsp3) is 0.211. The van der Waals surface area contributed by atoms with Crippen LogP contribution in [0.25, 0.3) is 11.4 Å². The minimum atomic E-state index is -0.180. The molecule has 3 aromatic rings. The summed E-state index contributed by atoms with van der Waals surface area (Å²) in [6.07, 6.45) is 0. The SMILES string of the molecule is Cc1nc(-c2ccc(NC(=O)C3CNCc4ccccc43)cc2)n[nH]1. The summed E-state index contributed by atoms with van der Waals surface area (Å²) in [5, 5.41) is 13.3. The normalized spacial score (nSPS) is 16.3. The van der Waals surface area contributed by atoms with Gasteiger partial charge in [0.25, 0.3) is 0 Å². The van der Waals surface area contributed by atoms with Crippen LogP contribution in [0.4, 0.5) is 5.69 Å². The third kappa shape index (κ3) is 3.16. The van der Waals surface area contributed by atoms with Crippen molar-refractivity contribution in [2.24, 2.45) is 0 Å². The Labute approximate surface area is 145 Å². The van der Waals surface area contributed by atoms with E-state index >= 15 is 0 Å². The summed E-state index contributed by atoms with van der Waals surface area (Å²) < 4.78 is 0. The van der Waals surface area contributed by atoms with E-state index in [2.05, 4.69) is 31.9 Å². The van der Waals surface area contributed by atoms with E-state index in [1.54, 1.807) is 0 Å². The fourth-order valence-corrected chi connectivity index (χ4v) is 3.13. The molecule has 0 bridgehead atoms. The maximum Gasteiger partial charge on any atom is 0.233 e. The molecule has 1 aliphatic rings. The van der Waals surface area contributed by atoms with Crippen LogP contribution in [0.2, 0.25) is 0 Å². The van der Waals surface area contributed by atoms with Crippen LogP contribution < -0.4 is 10.6 Å². The Balaban J connectivity index is 1.50. The highest BCUT2D eigenvalue weighted by atomic mass is 16.1. The van der Waals surface area contributed by atoms with Crippen LogP contribution in [0.1, 0.15) is 22.9 Å². The Kier molecular flexibility index (Phi) is 4.03. The van der Waals surface area contributed by atoms with E-state index < -0.39 is 0 Å². The summed E-state index contributed by atoms with van der Waals surface area (Å²) in [6.45, 7) is 3.32. The maximum absolute atomic E-state index is 12.7. The molecule has 0 radical (unpaired) electrons. The van der Waals surface area contributed by atoms with Crippen molar-refractivity contribution in [2.75, 3.05) is 11.9 Å². The Hall–Kier alpha value is -2.99. The zero-order valence-electron chi connectivity index (χ0n) is 13.9. The standard InChI is InChI=1S/C19H19N5O/c1-12-21-18(24-23-12)13-6-8-15(9-7-13)22-19(25)17-11-20-10-14-4-2-3-5-16(14)17/h2-9,17,20H,10-11H2,1H3,(H,22,25)(H,21,23,24).